The lowest BCUT2D eigenvalue weighted by molar-refractivity contribution is 0.0999. The Morgan fingerprint density at radius 2 is 2.06 bits per heavy atom. The van der Waals surface area contributed by atoms with Crippen LogP contribution in [0.3, 0.4) is 0 Å². The van der Waals surface area contributed by atoms with Crippen LogP contribution in [0, 0.1) is 0 Å². The predicted molar refractivity (Wildman–Crippen MR) is 144 cm³/mol. The number of H-pyrrole nitrogens is 1. The molecule has 0 radical (unpaired) electrons. The van der Waals surface area contributed by atoms with Crippen molar-refractivity contribution < 1.29 is 14.6 Å². The van der Waals surface area contributed by atoms with Crippen molar-refractivity contribution in [3.63, 3.8) is 0 Å². The van der Waals surface area contributed by atoms with E-state index in [1.807, 2.05) is 48.0 Å². The first-order valence-corrected chi connectivity index (χ1v) is 12.9. The van der Waals surface area contributed by atoms with Gasteiger partial charge >= 0.3 is 0 Å². The van der Waals surface area contributed by atoms with E-state index in [4.69, 9.17) is 10.5 Å². The third-order valence-corrected chi connectivity index (χ3v) is 8.12. The molecule has 0 fully saturated rings. The maximum absolute atomic E-state index is 13.1. The van der Waals surface area contributed by atoms with Gasteiger partial charge in [-0.1, -0.05) is 24.3 Å². The highest BCUT2D eigenvalue weighted by atomic mass is 32.1. The molecule has 0 saturated carbocycles. The molecule has 1 aliphatic rings. The number of ether oxygens (including phenoxy) is 1. The van der Waals surface area contributed by atoms with Crippen molar-refractivity contribution in [3.8, 4) is 27.6 Å². The maximum atomic E-state index is 13.1. The first kappa shape index (κ1) is 22.6. The number of rotatable bonds is 7. The number of nitrogens with zero attached hydrogens (tertiary/aromatic N) is 1. The van der Waals surface area contributed by atoms with E-state index in [1.165, 1.54) is 0 Å². The molecule has 1 amide bonds. The number of aryl methyl sites for hydroxylation is 1. The smallest absolute Gasteiger partial charge is 0.251 e. The normalized spacial score (nSPS) is 13.4. The zero-order valence-corrected chi connectivity index (χ0v) is 20.8. The van der Waals surface area contributed by atoms with Gasteiger partial charge in [-0.05, 0) is 65.2 Å². The number of amides is 1. The summed E-state index contributed by atoms with van der Waals surface area (Å²) in [6.07, 6.45) is 3.39. The van der Waals surface area contributed by atoms with E-state index in [0.29, 0.717) is 18.5 Å². The minimum Gasteiger partial charge on any atom is -0.497 e. The molecule has 7 heteroatoms. The Balaban J connectivity index is 1.61. The minimum atomic E-state index is -0.470. The van der Waals surface area contributed by atoms with Crippen molar-refractivity contribution in [1.29, 1.82) is 0 Å². The van der Waals surface area contributed by atoms with E-state index in [9.17, 15) is 9.90 Å². The topological polar surface area (TPSA) is 93.3 Å². The average Bonchev–Trinajstić information content (AvgIpc) is 3.64. The fraction of sp³-hybridized carbons (Fsp3) is 0.207. The van der Waals surface area contributed by atoms with E-state index in [1.54, 1.807) is 18.4 Å². The molecular formula is C29H27N3O3S. The van der Waals surface area contributed by atoms with Crippen molar-refractivity contribution >= 4 is 28.1 Å². The number of fused-ring (bicyclic) bond motifs is 4. The summed E-state index contributed by atoms with van der Waals surface area (Å²) in [4.78, 5) is 17.4. The van der Waals surface area contributed by atoms with Gasteiger partial charge in [-0.15, -0.1) is 11.3 Å². The van der Waals surface area contributed by atoms with Gasteiger partial charge in [-0.2, -0.15) is 0 Å². The standard InChI is InChI=1S/C29H27N3O3S/c1-35-20-8-9-22-17(14-20)10-11-32-27(22)25(26(29(30)34)28(32)24-7-4-12-36-24)19(16-33)13-18-15-31-23-6-3-2-5-21(18)23/h2-9,12,14-15,19,31,33H,10-11,13,16H2,1H3,(H2,30,34)/t19-/m0/s1. The highest BCUT2D eigenvalue weighted by Gasteiger charge is 2.35. The first-order chi connectivity index (χ1) is 17.6. The van der Waals surface area contributed by atoms with Crippen LogP contribution >= 0.6 is 11.3 Å². The Morgan fingerprint density at radius 3 is 2.81 bits per heavy atom. The summed E-state index contributed by atoms with van der Waals surface area (Å²) in [6.45, 7) is 0.612. The third-order valence-electron chi connectivity index (χ3n) is 7.24. The molecule has 3 aromatic heterocycles. The number of aliphatic hydroxyl groups excluding tert-OH is 1. The number of primary amides is 1. The van der Waals surface area contributed by atoms with Gasteiger partial charge in [0.1, 0.15) is 5.75 Å². The number of thiophene rings is 1. The van der Waals surface area contributed by atoms with Crippen LogP contribution in [-0.4, -0.2) is 34.3 Å². The second-order valence-electron chi connectivity index (χ2n) is 9.20. The van der Waals surface area contributed by atoms with Gasteiger partial charge in [0.05, 0.1) is 35.5 Å². The third kappa shape index (κ3) is 3.54. The molecule has 1 atom stereocenters. The molecule has 36 heavy (non-hydrogen) atoms. The summed E-state index contributed by atoms with van der Waals surface area (Å²) in [5.74, 6) is 0.0267. The van der Waals surface area contributed by atoms with Gasteiger partial charge in [0.15, 0.2) is 0 Å². The van der Waals surface area contributed by atoms with Crippen LogP contribution in [0.25, 0.3) is 32.7 Å². The summed E-state index contributed by atoms with van der Waals surface area (Å²) in [7, 11) is 1.67. The molecule has 0 spiro atoms. The van der Waals surface area contributed by atoms with Crippen LogP contribution in [0.2, 0.25) is 0 Å². The second kappa shape index (κ2) is 9.00. The van der Waals surface area contributed by atoms with Crippen LogP contribution in [-0.2, 0) is 19.4 Å². The van der Waals surface area contributed by atoms with E-state index in [-0.39, 0.29) is 12.5 Å². The number of aromatic nitrogens is 2. The number of hydrogen-bond acceptors (Lipinski definition) is 4. The van der Waals surface area contributed by atoms with E-state index in [0.717, 1.165) is 61.6 Å². The fourth-order valence-electron chi connectivity index (χ4n) is 5.66. The molecule has 0 bridgehead atoms. The lowest BCUT2D eigenvalue weighted by Crippen LogP contribution is -2.18. The number of benzene rings is 2. The molecule has 4 N–H and O–H groups in total. The van der Waals surface area contributed by atoms with Gasteiger partial charge < -0.3 is 25.1 Å². The lowest BCUT2D eigenvalue weighted by Gasteiger charge is -2.24. The number of aromatic amines is 1. The molecule has 182 valence electrons. The van der Waals surface area contributed by atoms with Crippen LogP contribution in [0.15, 0.2) is 66.2 Å². The monoisotopic (exact) mass is 497 g/mol. The van der Waals surface area contributed by atoms with Crippen LogP contribution < -0.4 is 10.5 Å². The van der Waals surface area contributed by atoms with Crippen molar-refractivity contribution in [1.82, 2.24) is 9.55 Å². The Labute approximate surface area is 213 Å². The number of carbonyl (C=O) groups excluding carboxylic acids is 1. The molecule has 6 rings (SSSR count). The Bertz CT molecular complexity index is 1580. The number of carbonyl (C=O) groups is 1. The molecule has 2 aromatic carbocycles. The Kier molecular flexibility index (Phi) is 5.66. The van der Waals surface area contributed by atoms with E-state index in [2.05, 4.69) is 27.8 Å². The largest absolute Gasteiger partial charge is 0.497 e. The van der Waals surface area contributed by atoms with Gasteiger partial charge in [0, 0.05) is 35.1 Å². The summed E-state index contributed by atoms with van der Waals surface area (Å²) in [5.41, 5.74) is 13.6. The summed E-state index contributed by atoms with van der Waals surface area (Å²) < 4.78 is 7.71. The Morgan fingerprint density at radius 1 is 1.19 bits per heavy atom. The van der Waals surface area contributed by atoms with Crippen LogP contribution in [0.5, 0.6) is 5.75 Å². The number of methoxy groups -OCH3 is 1. The van der Waals surface area contributed by atoms with Crippen molar-refractivity contribution in [2.24, 2.45) is 5.73 Å². The molecular weight excluding hydrogens is 470 g/mol. The van der Waals surface area contributed by atoms with Crippen molar-refractivity contribution in [2.75, 3.05) is 13.7 Å². The second-order valence-corrected chi connectivity index (χ2v) is 10.1. The van der Waals surface area contributed by atoms with Crippen LogP contribution in [0.1, 0.15) is 33.0 Å². The number of para-hydroxylation sites is 1. The van der Waals surface area contributed by atoms with Gasteiger partial charge in [0.25, 0.3) is 5.91 Å². The molecule has 5 aromatic rings. The number of nitrogens with one attached hydrogen (secondary N) is 1. The fourth-order valence-corrected chi connectivity index (χ4v) is 6.44. The summed E-state index contributed by atoms with van der Waals surface area (Å²) in [5, 5.41) is 13.9. The first-order valence-electron chi connectivity index (χ1n) is 12.0. The summed E-state index contributed by atoms with van der Waals surface area (Å²) in [6, 6.07) is 18.2. The van der Waals surface area contributed by atoms with Crippen molar-refractivity contribution in [3.05, 3.63) is 88.4 Å². The quantitative estimate of drug-likeness (QED) is 0.283. The SMILES string of the molecule is COc1ccc2c(c1)CCn1c(-c3cccs3)c(C(N)=O)c([C@H](CO)Cc3c[nH]c4ccccc34)c1-2. The number of hydrogen-bond donors (Lipinski definition) is 3. The number of nitrogens with two attached hydrogens (primary N) is 1. The maximum Gasteiger partial charge on any atom is 0.251 e. The van der Waals surface area contributed by atoms with Crippen molar-refractivity contribution in [2.45, 2.75) is 25.3 Å². The van der Waals surface area contributed by atoms with Crippen LogP contribution in [0.4, 0.5) is 0 Å². The lowest BCUT2D eigenvalue weighted by atomic mass is 9.85. The molecule has 0 saturated heterocycles. The average molecular weight is 498 g/mol. The van der Waals surface area contributed by atoms with E-state index >= 15 is 0 Å². The molecule has 0 aliphatic carbocycles. The zero-order chi connectivity index (χ0) is 24.8. The highest BCUT2D eigenvalue weighted by molar-refractivity contribution is 7.13. The molecule has 0 unspecified atom stereocenters. The Hall–Kier alpha value is -3.81. The predicted octanol–water partition coefficient (Wildman–Crippen LogP) is 5.35. The van der Waals surface area contributed by atoms with Gasteiger partial charge in [-0.25, -0.2) is 0 Å². The van der Waals surface area contributed by atoms with E-state index < -0.39 is 5.91 Å². The minimum absolute atomic E-state index is 0.105. The number of aliphatic hydroxyl groups is 1. The van der Waals surface area contributed by atoms with Gasteiger partial charge in [-0.3, -0.25) is 4.79 Å². The van der Waals surface area contributed by atoms with Gasteiger partial charge in [0.2, 0.25) is 0 Å². The summed E-state index contributed by atoms with van der Waals surface area (Å²) >= 11 is 1.59. The molecule has 6 nitrogen and oxygen atoms in total. The molecule has 4 heterocycles. The molecule has 1 aliphatic heterocycles. The highest BCUT2D eigenvalue weighted by Crippen LogP contribution is 2.46. The zero-order valence-electron chi connectivity index (χ0n) is 20.0.